The first-order valence-electron chi connectivity index (χ1n) is 6.22. The van der Waals surface area contributed by atoms with Crippen LogP contribution in [-0.4, -0.2) is 18.1 Å². The number of rotatable bonds is 6. The Hall–Kier alpha value is -1.39. The average Bonchev–Trinajstić information content (AvgIpc) is 2.86. The normalized spacial score (nSPS) is 10.6. The Bertz CT molecular complexity index is 496. The molecule has 0 fully saturated rings. The molecule has 0 atom stereocenters. The molecule has 2 rings (SSSR count). The predicted molar refractivity (Wildman–Crippen MR) is 76.1 cm³/mol. The number of thiazole rings is 1. The van der Waals surface area contributed by atoms with E-state index in [1.54, 1.807) is 11.3 Å². The first kappa shape index (κ1) is 13.1. The number of nitrogens with zero attached hydrogens (tertiary/aromatic N) is 1. The van der Waals surface area contributed by atoms with Crippen molar-refractivity contribution in [2.24, 2.45) is 0 Å². The SMILES string of the molecule is CCNCc1csc(-c2ccccc2OCC)n1. The van der Waals surface area contributed by atoms with Crippen LogP contribution in [0.15, 0.2) is 29.6 Å². The molecule has 1 heterocycles. The second-order valence-electron chi connectivity index (χ2n) is 3.85. The van der Waals surface area contributed by atoms with Crippen LogP contribution < -0.4 is 10.1 Å². The van der Waals surface area contributed by atoms with Gasteiger partial charge < -0.3 is 10.1 Å². The minimum atomic E-state index is 0.673. The molecule has 0 aliphatic carbocycles. The van der Waals surface area contributed by atoms with Gasteiger partial charge in [0.1, 0.15) is 10.8 Å². The number of hydrogen-bond acceptors (Lipinski definition) is 4. The van der Waals surface area contributed by atoms with Crippen LogP contribution >= 0.6 is 11.3 Å². The molecule has 0 unspecified atom stereocenters. The van der Waals surface area contributed by atoms with Crippen molar-refractivity contribution in [2.75, 3.05) is 13.2 Å². The lowest BCUT2D eigenvalue weighted by Crippen LogP contribution is -2.11. The third kappa shape index (κ3) is 3.09. The zero-order chi connectivity index (χ0) is 12.8. The van der Waals surface area contributed by atoms with Gasteiger partial charge in [-0.2, -0.15) is 0 Å². The molecule has 1 aromatic carbocycles. The number of ether oxygens (including phenoxy) is 1. The van der Waals surface area contributed by atoms with Gasteiger partial charge in [0, 0.05) is 11.9 Å². The van der Waals surface area contributed by atoms with Crippen molar-refractivity contribution in [2.45, 2.75) is 20.4 Å². The van der Waals surface area contributed by atoms with E-state index in [-0.39, 0.29) is 0 Å². The zero-order valence-electron chi connectivity index (χ0n) is 10.8. The summed E-state index contributed by atoms with van der Waals surface area (Å²) in [5.41, 5.74) is 2.16. The maximum atomic E-state index is 5.63. The van der Waals surface area contributed by atoms with Crippen LogP contribution in [0.3, 0.4) is 0 Å². The molecule has 1 aromatic heterocycles. The van der Waals surface area contributed by atoms with Crippen LogP contribution in [0.2, 0.25) is 0 Å². The number of nitrogens with one attached hydrogen (secondary N) is 1. The van der Waals surface area contributed by atoms with Gasteiger partial charge in [-0.15, -0.1) is 11.3 Å². The van der Waals surface area contributed by atoms with Gasteiger partial charge in [0.25, 0.3) is 0 Å². The van der Waals surface area contributed by atoms with Crippen LogP contribution in [0.4, 0.5) is 0 Å². The van der Waals surface area contributed by atoms with Crippen LogP contribution in [-0.2, 0) is 6.54 Å². The number of para-hydroxylation sites is 1. The van der Waals surface area contributed by atoms with E-state index in [4.69, 9.17) is 4.74 Å². The fourth-order valence-corrected chi connectivity index (χ4v) is 2.54. The van der Waals surface area contributed by atoms with Crippen molar-refractivity contribution < 1.29 is 4.74 Å². The Balaban J connectivity index is 2.22. The number of aromatic nitrogens is 1. The highest BCUT2D eigenvalue weighted by atomic mass is 32.1. The van der Waals surface area contributed by atoms with Crippen LogP contribution in [0, 0.1) is 0 Å². The minimum absolute atomic E-state index is 0.673. The molecule has 0 spiro atoms. The topological polar surface area (TPSA) is 34.1 Å². The third-order valence-corrected chi connectivity index (χ3v) is 3.45. The highest BCUT2D eigenvalue weighted by Gasteiger charge is 2.09. The molecule has 0 aliphatic rings. The quantitative estimate of drug-likeness (QED) is 0.867. The summed E-state index contributed by atoms with van der Waals surface area (Å²) >= 11 is 1.66. The summed E-state index contributed by atoms with van der Waals surface area (Å²) in [5, 5.41) is 6.40. The lowest BCUT2D eigenvalue weighted by Gasteiger charge is -2.07. The summed E-state index contributed by atoms with van der Waals surface area (Å²) in [6, 6.07) is 8.05. The second-order valence-corrected chi connectivity index (χ2v) is 4.71. The Morgan fingerprint density at radius 1 is 1.28 bits per heavy atom. The van der Waals surface area contributed by atoms with E-state index in [1.807, 2.05) is 25.1 Å². The van der Waals surface area contributed by atoms with Gasteiger partial charge in [0.15, 0.2) is 0 Å². The molecule has 4 heteroatoms. The predicted octanol–water partition coefficient (Wildman–Crippen LogP) is 3.32. The molecule has 0 radical (unpaired) electrons. The van der Waals surface area contributed by atoms with Crippen molar-refractivity contribution >= 4 is 11.3 Å². The maximum Gasteiger partial charge on any atom is 0.129 e. The Labute approximate surface area is 112 Å². The first-order chi connectivity index (χ1) is 8.85. The fourth-order valence-electron chi connectivity index (χ4n) is 1.69. The van der Waals surface area contributed by atoms with Gasteiger partial charge in [-0.25, -0.2) is 4.98 Å². The highest BCUT2D eigenvalue weighted by molar-refractivity contribution is 7.13. The van der Waals surface area contributed by atoms with Crippen molar-refractivity contribution in [3.63, 3.8) is 0 Å². The van der Waals surface area contributed by atoms with Gasteiger partial charge in [-0.1, -0.05) is 19.1 Å². The highest BCUT2D eigenvalue weighted by Crippen LogP contribution is 2.32. The summed E-state index contributed by atoms with van der Waals surface area (Å²) in [7, 11) is 0. The van der Waals surface area contributed by atoms with Gasteiger partial charge >= 0.3 is 0 Å². The van der Waals surface area contributed by atoms with Crippen molar-refractivity contribution in [3.05, 3.63) is 35.3 Å². The molecule has 2 aromatic rings. The molecule has 1 N–H and O–H groups in total. The van der Waals surface area contributed by atoms with Crippen LogP contribution in [0.5, 0.6) is 5.75 Å². The molecule has 3 nitrogen and oxygen atoms in total. The van der Waals surface area contributed by atoms with Crippen molar-refractivity contribution in [3.8, 4) is 16.3 Å². The summed E-state index contributed by atoms with van der Waals surface area (Å²) in [6.45, 7) is 6.55. The van der Waals surface area contributed by atoms with E-state index in [0.29, 0.717) is 6.61 Å². The molecule has 0 saturated heterocycles. The largest absolute Gasteiger partial charge is 0.493 e. The monoisotopic (exact) mass is 262 g/mol. The van der Waals surface area contributed by atoms with Crippen LogP contribution in [0.25, 0.3) is 10.6 Å². The Morgan fingerprint density at radius 2 is 2.11 bits per heavy atom. The number of benzene rings is 1. The van der Waals surface area contributed by atoms with E-state index in [0.717, 1.165) is 35.1 Å². The third-order valence-electron chi connectivity index (χ3n) is 2.53. The summed E-state index contributed by atoms with van der Waals surface area (Å²) in [5.74, 6) is 0.907. The van der Waals surface area contributed by atoms with Gasteiger partial charge in [0.05, 0.1) is 17.9 Å². The summed E-state index contributed by atoms with van der Waals surface area (Å²) in [6.07, 6.45) is 0. The lowest BCUT2D eigenvalue weighted by molar-refractivity contribution is 0.341. The minimum Gasteiger partial charge on any atom is -0.493 e. The fraction of sp³-hybridized carbons (Fsp3) is 0.357. The van der Waals surface area contributed by atoms with Gasteiger partial charge in [0.2, 0.25) is 0 Å². The molecule has 18 heavy (non-hydrogen) atoms. The molecule has 0 saturated carbocycles. The lowest BCUT2D eigenvalue weighted by atomic mass is 10.2. The molecule has 0 amide bonds. The molecule has 0 aliphatic heterocycles. The molecule has 96 valence electrons. The van der Waals surface area contributed by atoms with Gasteiger partial charge in [-0.05, 0) is 25.6 Å². The van der Waals surface area contributed by atoms with Gasteiger partial charge in [-0.3, -0.25) is 0 Å². The smallest absolute Gasteiger partial charge is 0.129 e. The molecule has 0 bridgehead atoms. The standard InChI is InChI=1S/C14H18N2OS/c1-3-15-9-11-10-18-14(16-11)12-7-5-6-8-13(12)17-4-2/h5-8,10,15H,3-4,9H2,1-2H3. The van der Waals surface area contributed by atoms with E-state index < -0.39 is 0 Å². The second kappa shape index (κ2) is 6.52. The summed E-state index contributed by atoms with van der Waals surface area (Å²) in [4.78, 5) is 4.64. The Kier molecular flexibility index (Phi) is 4.73. The van der Waals surface area contributed by atoms with E-state index >= 15 is 0 Å². The maximum absolute atomic E-state index is 5.63. The Morgan fingerprint density at radius 3 is 2.89 bits per heavy atom. The van der Waals surface area contributed by atoms with E-state index in [2.05, 4.69) is 28.7 Å². The average molecular weight is 262 g/mol. The van der Waals surface area contributed by atoms with Crippen LogP contribution in [0.1, 0.15) is 19.5 Å². The molecular weight excluding hydrogens is 244 g/mol. The first-order valence-corrected chi connectivity index (χ1v) is 7.10. The van der Waals surface area contributed by atoms with E-state index in [1.165, 1.54) is 0 Å². The van der Waals surface area contributed by atoms with E-state index in [9.17, 15) is 0 Å². The number of hydrogen-bond donors (Lipinski definition) is 1. The van der Waals surface area contributed by atoms with Crippen molar-refractivity contribution in [1.29, 1.82) is 0 Å². The summed E-state index contributed by atoms with van der Waals surface area (Å²) < 4.78 is 5.63. The zero-order valence-corrected chi connectivity index (χ0v) is 11.6. The van der Waals surface area contributed by atoms with Crippen molar-refractivity contribution in [1.82, 2.24) is 10.3 Å². The molecular formula is C14H18N2OS.